The van der Waals surface area contributed by atoms with Crippen molar-refractivity contribution in [1.82, 2.24) is 14.9 Å². The average molecular weight is 437 g/mol. The van der Waals surface area contributed by atoms with Crippen LogP contribution < -0.4 is 4.90 Å². The van der Waals surface area contributed by atoms with Gasteiger partial charge in [-0.15, -0.1) is 0 Å². The fourth-order valence-corrected chi connectivity index (χ4v) is 4.60. The molecule has 32 heavy (non-hydrogen) atoms. The molecule has 0 bridgehead atoms. The van der Waals surface area contributed by atoms with Crippen LogP contribution in [0, 0.1) is 25.7 Å². The van der Waals surface area contributed by atoms with E-state index < -0.39 is 0 Å². The van der Waals surface area contributed by atoms with Crippen LogP contribution in [-0.4, -0.2) is 60.2 Å². The molecular weight excluding hydrogens is 400 g/mol. The van der Waals surface area contributed by atoms with Crippen LogP contribution in [0.3, 0.4) is 0 Å². The van der Waals surface area contributed by atoms with Gasteiger partial charge in [-0.05, 0) is 31.7 Å². The van der Waals surface area contributed by atoms with Gasteiger partial charge in [-0.1, -0.05) is 43.7 Å². The molecule has 1 aromatic carbocycles. The molecule has 0 spiro atoms. The van der Waals surface area contributed by atoms with Crippen molar-refractivity contribution >= 4 is 11.7 Å². The fraction of sp³-hybridized carbons (Fsp3) is 0.577. The van der Waals surface area contributed by atoms with Crippen molar-refractivity contribution in [3.8, 4) is 0 Å². The summed E-state index contributed by atoms with van der Waals surface area (Å²) in [7, 11) is 0. The maximum absolute atomic E-state index is 12.8. The van der Waals surface area contributed by atoms with E-state index in [9.17, 15) is 4.79 Å². The van der Waals surface area contributed by atoms with E-state index in [0.717, 1.165) is 62.8 Å². The number of amides is 1. The highest BCUT2D eigenvalue weighted by molar-refractivity contribution is 5.79. The highest BCUT2D eigenvalue weighted by atomic mass is 16.5. The first-order chi connectivity index (χ1) is 15.4. The summed E-state index contributed by atoms with van der Waals surface area (Å²) in [6, 6.07) is 8.71. The van der Waals surface area contributed by atoms with E-state index >= 15 is 0 Å². The Morgan fingerprint density at radius 3 is 2.44 bits per heavy atom. The Labute approximate surface area is 192 Å². The van der Waals surface area contributed by atoms with E-state index in [0.29, 0.717) is 19.1 Å². The molecule has 0 aliphatic carbocycles. The Bertz CT molecular complexity index is 928. The predicted octanol–water partition coefficient (Wildman–Crippen LogP) is 3.57. The predicted molar refractivity (Wildman–Crippen MR) is 127 cm³/mol. The Kier molecular flexibility index (Phi) is 7.09. The summed E-state index contributed by atoms with van der Waals surface area (Å²) >= 11 is 0. The Hall–Kier alpha value is -2.47. The van der Waals surface area contributed by atoms with Gasteiger partial charge in [-0.2, -0.15) is 0 Å². The first-order valence-corrected chi connectivity index (χ1v) is 11.9. The topological polar surface area (TPSA) is 58.6 Å². The first-order valence-electron chi connectivity index (χ1n) is 11.9. The Morgan fingerprint density at radius 2 is 1.81 bits per heavy atom. The molecule has 0 saturated carbocycles. The second-order valence-corrected chi connectivity index (χ2v) is 9.66. The maximum atomic E-state index is 12.8. The number of carbonyl (C=O) groups is 1. The highest BCUT2D eigenvalue weighted by Gasteiger charge is 2.31. The van der Waals surface area contributed by atoms with Gasteiger partial charge in [0.05, 0.1) is 12.5 Å². The highest BCUT2D eigenvalue weighted by Crippen LogP contribution is 2.27. The SMILES string of the molecule is Cc1ccc(Cc2c(C)nc(CC(C)C)nc2N2CCN(C(=O)[C@@H]3CCOC3)CC2)cc1. The summed E-state index contributed by atoms with van der Waals surface area (Å²) in [5, 5.41) is 0. The minimum Gasteiger partial charge on any atom is -0.381 e. The van der Waals surface area contributed by atoms with Crippen molar-refractivity contribution in [2.45, 2.75) is 47.0 Å². The second-order valence-electron chi connectivity index (χ2n) is 9.66. The number of benzene rings is 1. The summed E-state index contributed by atoms with van der Waals surface area (Å²) in [5.41, 5.74) is 4.80. The molecular formula is C26H36N4O2. The van der Waals surface area contributed by atoms with Crippen LogP contribution in [-0.2, 0) is 22.4 Å². The molecule has 6 nitrogen and oxygen atoms in total. The molecule has 1 atom stereocenters. The number of hydrogen-bond acceptors (Lipinski definition) is 5. The van der Waals surface area contributed by atoms with Crippen molar-refractivity contribution in [2.75, 3.05) is 44.3 Å². The minimum absolute atomic E-state index is 0.0394. The van der Waals surface area contributed by atoms with Crippen LogP contribution in [0.15, 0.2) is 24.3 Å². The zero-order chi connectivity index (χ0) is 22.7. The third kappa shape index (κ3) is 5.29. The van der Waals surface area contributed by atoms with Crippen LogP contribution in [0.2, 0.25) is 0 Å². The van der Waals surface area contributed by atoms with Gasteiger partial charge < -0.3 is 14.5 Å². The number of aromatic nitrogens is 2. The van der Waals surface area contributed by atoms with Gasteiger partial charge in [0.15, 0.2) is 0 Å². The van der Waals surface area contributed by atoms with Gasteiger partial charge in [0, 0.05) is 56.9 Å². The normalized spacial score (nSPS) is 19.1. The molecule has 2 aromatic rings. The van der Waals surface area contributed by atoms with E-state index in [1.54, 1.807) is 0 Å². The zero-order valence-corrected chi connectivity index (χ0v) is 19.9. The molecule has 2 aliphatic heterocycles. The standard InChI is InChI=1S/C26H36N4O2/c1-18(2)15-24-27-20(4)23(16-21-7-5-19(3)6-8-21)25(28-24)29-10-12-30(13-11-29)26(31)22-9-14-32-17-22/h5-8,18,22H,9-17H2,1-4H3/t22-/m1/s1. The van der Waals surface area contributed by atoms with E-state index in [-0.39, 0.29) is 11.8 Å². The lowest BCUT2D eigenvalue weighted by Crippen LogP contribution is -2.51. The molecule has 172 valence electrons. The van der Waals surface area contributed by atoms with Gasteiger partial charge >= 0.3 is 0 Å². The monoisotopic (exact) mass is 436 g/mol. The summed E-state index contributed by atoms with van der Waals surface area (Å²) in [6.45, 7) is 13.0. The number of piperazine rings is 1. The third-order valence-corrected chi connectivity index (χ3v) is 6.50. The van der Waals surface area contributed by atoms with Crippen molar-refractivity contribution in [2.24, 2.45) is 11.8 Å². The smallest absolute Gasteiger partial charge is 0.228 e. The van der Waals surface area contributed by atoms with Crippen molar-refractivity contribution in [3.05, 3.63) is 52.5 Å². The van der Waals surface area contributed by atoms with E-state index in [1.165, 1.54) is 16.7 Å². The molecule has 3 heterocycles. The lowest BCUT2D eigenvalue weighted by atomic mass is 10.0. The quantitative estimate of drug-likeness (QED) is 0.693. The van der Waals surface area contributed by atoms with Gasteiger partial charge in [0.1, 0.15) is 11.6 Å². The van der Waals surface area contributed by atoms with Gasteiger partial charge in [-0.25, -0.2) is 9.97 Å². The lowest BCUT2D eigenvalue weighted by Gasteiger charge is -2.37. The molecule has 0 unspecified atom stereocenters. The molecule has 2 fully saturated rings. The number of aryl methyl sites for hydroxylation is 2. The number of carbonyl (C=O) groups excluding carboxylic acids is 1. The Morgan fingerprint density at radius 1 is 1.09 bits per heavy atom. The fourth-order valence-electron chi connectivity index (χ4n) is 4.60. The summed E-state index contributed by atoms with van der Waals surface area (Å²) < 4.78 is 5.42. The van der Waals surface area contributed by atoms with Crippen LogP contribution in [0.5, 0.6) is 0 Å². The van der Waals surface area contributed by atoms with E-state index in [1.807, 2.05) is 4.90 Å². The number of anilines is 1. The minimum atomic E-state index is 0.0394. The van der Waals surface area contributed by atoms with Crippen LogP contribution in [0.4, 0.5) is 5.82 Å². The number of rotatable bonds is 6. The van der Waals surface area contributed by atoms with Gasteiger partial charge in [-0.3, -0.25) is 4.79 Å². The summed E-state index contributed by atoms with van der Waals surface area (Å²) in [6.07, 6.45) is 2.55. The lowest BCUT2D eigenvalue weighted by molar-refractivity contribution is -0.135. The van der Waals surface area contributed by atoms with Crippen LogP contribution >= 0.6 is 0 Å². The van der Waals surface area contributed by atoms with Crippen LogP contribution in [0.25, 0.3) is 0 Å². The third-order valence-electron chi connectivity index (χ3n) is 6.50. The molecule has 2 aliphatic rings. The number of hydrogen-bond donors (Lipinski definition) is 0. The number of nitrogens with zero attached hydrogens (tertiary/aromatic N) is 4. The van der Waals surface area contributed by atoms with Gasteiger partial charge in [0.2, 0.25) is 5.91 Å². The van der Waals surface area contributed by atoms with Crippen molar-refractivity contribution < 1.29 is 9.53 Å². The molecule has 1 amide bonds. The van der Waals surface area contributed by atoms with Crippen molar-refractivity contribution in [3.63, 3.8) is 0 Å². The van der Waals surface area contributed by atoms with E-state index in [4.69, 9.17) is 14.7 Å². The maximum Gasteiger partial charge on any atom is 0.228 e. The molecule has 6 heteroatoms. The first kappa shape index (κ1) is 22.7. The molecule has 2 saturated heterocycles. The molecule has 0 radical (unpaired) electrons. The van der Waals surface area contributed by atoms with Crippen LogP contribution in [0.1, 0.15) is 48.5 Å². The summed E-state index contributed by atoms with van der Waals surface area (Å²) in [5.74, 6) is 2.76. The van der Waals surface area contributed by atoms with Crippen molar-refractivity contribution in [1.29, 1.82) is 0 Å². The van der Waals surface area contributed by atoms with Gasteiger partial charge in [0.25, 0.3) is 0 Å². The molecule has 1 aromatic heterocycles. The second kappa shape index (κ2) is 9.99. The zero-order valence-electron chi connectivity index (χ0n) is 19.9. The molecule has 4 rings (SSSR count). The Balaban J connectivity index is 1.55. The average Bonchev–Trinajstić information content (AvgIpc) is 3.31. The number of ether oxygens (including phenoxy) is 1. The molecule has 0 N–H and O–H groups in total. The summed E-state index contributed by atoms with van der Waals surface area (Å²) in [4.78, 5) is 27.1. The largest absolute Gasteiger partial charge is 0.381 e. The van der Waals surface area contributed by atoms with E-state index in [2.05, 4.69) is 56.9 Å².